The van der Waals surface area contributed by atoms with Crippen molar-refractivity contribution in [3.05, 3.63) is 207 Å². The van der Waals surface area contributed by atoms with E-state index >= 15 is 0 Å². The van der Waals surface area contributed by atoms with E-state index in [0.717, 1.165) is 154 Å². The fourth-order valence-corrected chi connectivity index (χ4v) is 10.1. The van der Waals surface area contributed by atoms with Gasteiger partial charge in [-0.3, -0.25) is 9.59 Å². The lowest BCUT2D eigenvalue weighted by Crippen LogP contribution is -2.40. The van der Waals surface area contributed by atoms with Crippen LogP contribution in [0.2, 0.25) is 0 Å². The van der Waals surface area contributed by atoms with Crippen molar-refractivity contribution < 1.29 is 42.9 Å². The average molecular weight is 1370 g/mol. The molecule has 0 aliphatic rings. The summed E-state index contributed by atoms with van der Waals surface area (Å²) >= 11 is 0. The maximum absolute atomic E-state index is 13.0. The zero-order valence-corrected chi connectivity index (χ0v) is 63.6. The van der Waals surface area contributed by atoms with E-state index in [1.165, 1.54) is 96.3 Å². The zero-order valence-electron chi connectivity index (χ0n) is 63.6. The minimum absolute atomic E-state index is 0.173. The number of rotatable bonds is 70. The normalized spacial score (nSPS) is 13.8. The van der Waals surface area contributed by atoms with Gasteiger partial charge < -0.3 is 28.5 Å². The van der Waals surface area contributed by atoms with Crippen molar-refractivity contribution in [2.45, 2.75) is 296 Å². The van der Waals surface area contributed by atoms with E-state index in [9.17, 15) is 19.5 Å². The molecule has 0 saturated heterocycles. The van der Waals surface area contributed by atoms with Crippen molar-refractivity contribution in [2.75, 3.05) is 47.5 Å². The van der Waals surface area contributed by atoms with E-state index < -0.39 is 24.3 Å². The van der Waals surface area contributed by atoms with Crippen molar-refractivity contribution in [1.82, 2.24) is 0 Å². The van der Waals surface area contributed by atoms with Crippen molar-refractivity contribution >= 4 is 17.9 Å². The first-order valence-corrected chi connectivity index (χ1v) is 39.2. The molecule has 0 aliphatic heterocycles. The van der Waals surface area contributed by atoms with Crippen molar-refractivity contribution in [1.29, 1.82) is 0 Å². The second-order valence-electron chi connectivity index (χ2n) is 26.6. The third-order valence-corrected chi connectivity index (χ3v) is 16.0. The summed E-state index contributed by atoms with van der Waals surface area (Å²) in [6, 6.07) is 0. The minimum Gasteiger partial charge on any atom is -0.477 e. The molecule has 556 valence electrons. The first-order valence-electron chi connectivity index (χ1n) is 39.2. The maximum atomic E-state index is 13.0. The molecule has 0 bridgehead atoms. The summed E-state index contributed by atoms with van der Waals surface area (Å²) in [7, 11) is 5.96. The van der Waals surface area contributed by atoms with Crippen LogP contribution in [0.1, 0.15) is 284 Å². The lowest BCUT2D eigenvalue weighted by atomic mass is 10.0. The second kappa shape index (κ2) is 77.6. The Morgan fingerprint density at radius 2 is 0.545 bits per heavy atom. The molecule has 0 heterocycles. The summed E-state index contributed by atoms with van der Waals surface area (Å²) in [4.78, 5) is 37.7. The Kier molecular flexibility index (Phi) is 72.8. The van der Waals surface area contributed by atoms with Crippen molar-refractivity contribution in [3.8, 4) is 0 Å². The number of aliphatic carboxylic acids is 1. The van der Waals surface area contributed by atoms with E-state index in [1.54, 1.807) is 0 Å². The van der Waals surface area contributed by atoms with Crippen LogP contribution < -0.4 is 0 Å². The number of quaternary nitrogens is 1. The van der Waals surface area contributed by atoms with Crippen LogP contribution in [0.3, 0.4) is 0 Å². The quantitative estimate of drug-likeness (QED) is 0.0211. The van der Waals surface area contributed by atoms with Crippen LogP contribution in [-0.2, 0) is 33.3 Å². The highest BCUT2D eigenvalue weighted by atomic mass is 16.7. The number of carbonyl (C=O) groups is 3. The average Bonchev–Trinajstić information content (AvgIpc) is 1.16. The van der Waals surface area contributed by atoms with Crippen molar-refractivity contribution in [2.24, 2.45) is 0 Å². The van der Waals surface area contributed by atoms with Gasteiger partial charge in [0.05, 0.1) is 34.4 Å². The zero-order chi connectivity index (χ0) is 71.8. The Labute approximate surface area is 607 Å². The third-order valence-electron chi connectivity index (χ3n) is 16.0. The van der Waals surface area contributed by atoms with E-state index in [0.29, 0.717) is 17.4 Å². The number of allylic oxidation sites excluding steroid dienone is 34. The molecule has 0 fully saturated rings. The molecular formula is C90H144NO8+. The van der Waals surface area contributed by atoms with E-state index in [2.05, 4.69) is 220 Å². The van der Waals surface area contributed by atoms with Gasteiger partial charge in [-0.15, -0.1) is 0 Å². The van der Waals surface area contributed by atoms with Gasteiger partial charge in [-0.1, -0.05) is 330 Å². The van der Waals surface area contributed by atoms with Gasteiger partial charge in [0.25, 0.3) is 6.29 Å². The molecule has 0 amide bonds. The molecule has 0 aromatic rings. The van der Waals surface area contributed by atoms with Crippen LogP contribution in [0, 0.1) is 0 Å². The maximum Gasteiger partial charge on any atom is 0.361 e. The van der Waals surface area contributed by atoms with Gasteiger partial charge in [0.1, 0.15) is 13.2 Å². The first kappa shape index (κ1) is 92.9. The molecule has 0 rings (SSSR count). The molecule has 2 unspecified atom stereocenters. The van der Waals surface area contributed by atoms with Gasteiger partial charge in [0.2, 0.25) is 0 Å². The van der Waals surface area contributed by atoms with Crippen LogP contribution >= 0.6 is 0 Å². The number of likely N-dealkylation sites (N-methyl/N-ethyl adjacent to an activating group) is 1. The Balaban J connectivity index is 4.16. The topological polar surface area (TPSA) is 108 Å². The molecule has 9 nitrogen and oxygen atoms in total. The molecule has 2 atom stereocenters. The standard InChI is InChI=1S/C90H143NO8/c1-6-8-10-12-14-16-18-20-22-24-26-28-30-32-34-36-38-40-42-43-44-45-47-48-50-52-54-56-58-60-62-64-66-68-70-72-74-76-78-80-87(92)97-84-86(85-98-90(89(94)95)96-83-82-91(3,4)5)99-88(93)81-79-77-75-73-71-69-67-65-63-61-59-57-55-53-51-49-46-41-39-37-35-33-31-29-27-25-23-21-19-17-15-13-11-9-7-2/h8-11,14-17,20-23,26-29,32-35,38-41,43-44,49,51,55,57,61,63,67,69,86,90H,6-7,12-13,18-19,24-25,30-31,36-37,42,45-48,50,52-54,56,58-60,62,64-66,68,70-85H2,1-5H3/p+1/b10-8-,11-9-,16-14-,17-15-,22-20-,23-21-,28-26-,29-27-,34-32-,35-33-,40-38-,41-39-,44-43-,51-49-,57-55-,63-61-,69-67-. The Bertz CT molecular complexity index is 2390. The number of hydrogen-bond donors (Lipinski definition) is 1. The van der Waals surface area contributed by atoms with Gasteiger partial charge in [0, 0.05) is 12.8 Å². The molecule has 0 saturated carbocycles. The first-order chi connectivity index (χ1) is 48.6. The molecule has 0 spiro atoms. The van der Waals surface area contributed by atoms with Gasteiger partial charge >= 0.3 is 17.9 Å². The smallest absolute Gasteiger partial charge is 0.361 e. The fourth-order valence-electron chi connectivity index (χ4n) is 10.1. The summed E-state index contributed by atoms with van der Waals surface area (Å²) in [6.07, 6.45) is 118. The van der Waals surface area contributed by atoms with Crippen LogP contribution in [-0.4, -0.2) is 87.4 Å². The van der Waals surface area contributed by atoms with E-state index in [-0.39, 0.29) is 38.6 Å². The highest BCUT2D eigenvalue weighted by molar-refractivity contribution is 5.71. The van der Waals surface area contributed by atoms with Crippen LogP contribution in [0.5, 0.6) is 0 Å². The highest BCUT2D eigenvalue weighted by Crippen LogP contribution is 2.17. The van der Waals surface area contributed by atoms with Crippen LogP contribution in [0.15, 0.2) is 207 Å². The Hall–Kier alpha value is -6.13. The lowest BCUT2D eigenvalue weighted by Gasteiger charge is -2.25. The fraction of sp³-hybridized carbons (Fsp3) is 0.589. The number of carbonyl (C=O) groups excluding carboxylic acids is 2. The van der Waals surface area contributed by atoms with E-state index in [4.69, 9.17) is 18.9 Å². The summed E-state index contributed by atoms with van der Waals surface area (Å²) < 4.78 is 23.0. The number of nitrogens with zero attached hydrogens (tertiary/aromatic N) is 1. The van der Waals surface area contributed by atoms with E-state index in [1.807, 2.05) is 21.1 Å². The van der Waals surface area contributed by atoms with Gasteiger partial charge in [-0.2, -0.15) is 0 Å². The minimum atomic E-state index is -1.53. The molecule has 1 N–H and O–H groups in total. The molecule has 0 aromatic carbocycles. The van der Waals surface area contributed by atoms with Crippen molar-refractivity contribution in [3.63, 3.8) is 0 Å². The highest BCUT2D eigenvalue weighted by Gasteiger charge is 2.25. The predicted molar refractivity (Wildman–Crippen MR) is 428 cm³/mol. The number of esters is 2. The van der Waals surface area contributed by atoms with Gasteiger partial charge in [-0.05, 0) is 148 Å². The van der Waals surface area contributed by atoms with Gasteiger partial charge in [-0.25, -0.2) is 4.79 Å². The number of carboxylic acid groups (broad SMARTS) is 1. The number of hydrogen-bond acceptors (Lipinski definition) is 7. The SMILES string of the molecule is CC/C=C\C/C=C\C/C=C\C/C=C\C/C=C\C/C=C\C/C=C\C/C=C\C/C=C\C/C=C\CCCCCCC(=O)OC(COC(=O)CCCCCCCCCCCCCCCCCCC/C=C\C/C=C\C/C=C\C/C=C\C/C=C\C/C=C\C/C=C\CC)COC(OCC[N+](C)(C)C)C(=O)O. The summed E-state index contributed by atoms with van der Waals surface area (Å²) in [5.74, 6) is -2.05. The number of unbranched alkanes of at least 4 members (excludes halogenated alkanes) is 21. The Morgan fingerprint density at radius 3 is 0.808 bits per heavy atom. The second-order valence-corrected chi connectivity index (χ2v) is 26.6. The largest absolute Gasteiger partial charge is 0.477 e. The lowest BCUT2D eigenvalue weighted by molar-refractivity contribution is -0.870. The number of carboxylic acids is 1. The predicted octanol–water partition coefficient (Wildman–Crippen LogP) is 25.5. The molecule has 99 heavy (non-hydrogen) atoms. The summed E-state index contributed by atoms with van der Waals surface area (Å²) in [6.45, 7) is 4.61. The van der Waals surface area contributed by atoms with Crippen LogP contribution in [0.4, 0.5) is 0 Å². The molecular weight excluding hydrogens is 1220 g/mol. The molecule has 0 aliphatic carbocycles. The third kappa shape index (κ3) is 79.1. The molecule has 0 radical (unpaired) electrons. The van der Waals surface area contributed by atoms with Gasteiger partial charge in [0.15, 0.2) is 6.10 Å². The summed E-state index contributed by atoms with van der Waals surface area (Å²) in [5.41, 5.74) is 0. The van der Waals surface area contributed by atoms with Crippen LogP contribution in [0.25, 0.3) is 0 Å². The number of ether oxygens (including phenoxy) is 4. The molecule has 9 heteroatoms. The molecule has 0 aromatic heterocycles. The monoisotopic (exact) mass is 1370 g/mol. The Morgan fingerprint density at radius 1 is 0.303 bits per heavy atom. The summed E-state index contributed by atoms with van der Waals surface area (Å²) in [5, 5.41) is 9.77.